The van der Waals surface area contributed by atoms with Gasteiger partial charge in [-0.15, -0.1) is 0 Å². The first-order valence-corrected chi connectivity index (χ1v) is 10.8. The minimum Gasteiger partial charge on any atom is -0.480 e. The van der Waals surface area contributed by atoms with Crippen LogP contribution in [0.1, 0.15) is 50.2 Å². The van der Waals surface area contributed by atoms with Gasteiger partial charge in [0.05, 0.1) is 6.07 Å². The van der Waals surface area contributed by atoms with E-state index in [2.05, 4.69) is 10.6 Å². The van der Waals surface area contributed by atoms with Crippen LogP contribution >= 0.6 is 0 Å². The number of hydrogen-bond acceptors (Lipinski definition) is 5. The van der Waals surface area contributed by atoms with Crippen molar-refractivity contribution in [1.29, 1.82) is 5.26 Å². The van der Waals surface area contributed by atoms with E-state index in [4.69, 9.17) is 10.00 Å². The Kier molecular flexibility index (Phi) is 7.34. The van der Waals surface area contributed by atoms with Crippen molar-refractivity contribution in [3.63, 3.8) is 0 Å². The van der Waals surface area contributed by atoms with E-state index >= 15 is 0 Å². The highest BCUT2D eigenvalue weighted by molar-refractivity contribution is 5.90. The maximum atomic E-state index is 12.7. The lowest BCUT2D eigenvalue weighted by Crippen LogP contribution is -2.56. The van der Waals surface area contributed by atoms with Crippen molar-refractivity contribution in [2.75, 3.05) is 6.61 Å². The fourth-order valence-electron chi connectivity index (χ4n) is 3.88. The van der Waals surface area contributed by atoms with Crippen LogP contribution in [0.25, 0.3) is 11.1 Å². The van der Waals surface area contributed by atoms with Gasteiger partial charge >= 0.3 is 12.1 Å². The highest BCUT2D eigenvalue weighted by Gasteiger charge is 2.33. The number of fused-ring (bicyclic) bond motifs is 3. The van der Waals surface area contributed by atoms with Gasteiger partial charge in [0, 0.05) is 12.3 Å². The van der Waals surface area contributed by atoms with Gasteiger partial charge in [-0.05, 0) is 48.9 Å². The van der Waals surface area contributed by atoms with Gasteiger partial charge in [-0.1, -0.05) is 48.5 Å². The van der Waals surface area contributed by atoms with Gasteiger partial charge in [0.1, 0.15) is 18.2 Å². The molecule has 0 radical (unpaired) electrons. The van der Waals surface area contributed by atoms with Crippen molar-refractivity contribution in [3.05, 3.63) is 59.7 Å². The van der Waals surface area contributed by atoms with Gasteiger partial charge in [0.2, 0.25) is 5.91 Å². The Labute approximate surface area is 192 Å². The summed E-state index contributed by atoms with van der Waals surface area (Å²) < 4.78 is 5.49. The highest BCUT2D eigenvalue weighted by Crippen LogP contribution is 2.44. The summed E-state index contributed by atoms with van der Waals surface area (Å²) in [4.78, 5) is 36.6. The molecular weight excluding hydrogens is 422 g/mol. The number of carbonyl (C=O) groups excluding carboxylic acids is 2. The van der Waals surface area contributed by atoms with Crippen molar-refractivity contribution in [2.24, 2.45) is 0 Å². The van der Waals surface area contributed by atoms with Gasteiger partial charge in [0.15, 0.2) is 0 Å². The van der Waals surface area contributed by atoms with Gasteiger partial charge in [-0.25, -0.2) is 9.59 Å². The molecule has 0 saturated heterocycles. The van der Waals surface area contributed by atoms with E-state index in [9.17, 15) is 19.5 Å². The van der Waals surface area contributed by atoms with E-state index in [-0.39, 0.29) is 25.4 Å². The molecule has 0 aliphatic heterocycles. The molecule has 2 amide bonds. The number of unbranched alkanes of at least 4 members (excludes halogenated alkanes) is 1. The Hall–Kier alpha value is -3.86. The first-order valence-electron chi connectivity index (χ1n) is 10.8. The van der Waals surface area contributed by atoms with E-state index in [0.29, 0.717) is 6.42 Å². The number of carbonyl (C=O) groups is 3. The molecule has 0 fully saturated rings. The Morgan fingerprint density at radius 3 is 2.21 bits per heavy atom. The fourth-order valence-corrected chi connectivity index (χ4v) is 3.88. The topological polar surface area (TPSA) is 129 Å². The molecule has 1 unspecified atom stereocenters. The summed E-state index contributed by atoms with van der Waals surface area (Å²) in [5.41, 5.74) is 2.84. The van der Waals surface area contributed by atoms with Crippen LogP contribution < -0.4 is 10.6 Å². The molecule has 1 atom stereocenters. The van der Waals surface area contributed by atoms with Crippen LogP contribution in [0.5, 0.6) is 0 Å². The zero-order valence-corrected chi connectivity index (χ0v) is 18.6. The van der Waals surface area contributed by atoms with Crippen LogP contribution in [-0.2, 0) is 14.3 Å². The zero-order valence-electron chi connectivity index (χ0n) is 18.6. The van der Waals surface area contributed by atoms with Crippen LogP contribution in [-0.4, -0.2) is 41.3 Å². The van der Waals surface area contributed by atoms with Gasteiger partial charge in [-0.2, -0.15) is 5.26 Å². The number of carboxylic acids is 1. The average Bonchev–Trinajstić information content (AvgIpc) is 3.10. The van der Waals surface area contributed by atoms with Gasteiger partial charge in [0.25, 0.3) is 0 Å². The summed E-state index contributed by atoms with van der Waals surface area (Å²) >= 11 is 0. The maximum Gasteiger partial charge on any atom is 0.407 e. The molecule has 33 heavy (non-hydrogen) atoms. The van der Waals surface area contributed by atoms with E-state index in [0.717, 1.165) is 22.3 Å². The molecule has 2 aromatic rings. The normalized spacial score (nSPS) is 13.2. The molecule has 0 spiro atoms. The van der Waals surface area contributed by atoms with Crippen molar-refractivity contribution in [1.82, 2.24) is 10.6 Å². The van der Waals surface area contributed by atoms with E-state index in [1.807, 2.05) is 54.6 Å². The second kappa shape index (κ2) is 10.2. The summed E-state index contributed by atoms with van der Waals surface area (Å²) in [6.45, 7) is 2.80. The Bertz CT molecular complexity index is 1040. The number of nitrogens with one attached hydrogen (secondary N) is 2. The van der Waals surface area contributed by atoms with Crippen molar-refractivity contribution >= 4 is 18.0 Å². The molecular formula is C25H27N3O5. The van der Waals surface area contributed by atoms with Crippen LogP contribution in [0.3, 0.4) is 0 Å². The molecule has 8 heteroatoms. The van der Waals surface area contributed by atoms with Gasteiger partial charge in [-0.3, -0.25) is 4.79 Å². The number of alkyl carbamates (subject to hydrolysis) is 1. The van der Waals surface area contributed by atoms with Crippen molar-refractivity contribution in [3.8, 4) is 17.2 Å². The minimum atomic E-state index is -1.51. The number of nitrogens with zero attached hydrogens (tertiary/aromatic N) is 1. The molecule has 0 bridgehead atoms. The first kappa shape index (κ1) is 23.8. The zero-order chi connectivity index (χ0) is 24.0. The van der Waals surface area contributed by atoms with Gasteiger partial charge < -0.3 is 20.5 Å². The average molecular weight is 450 g/mol. The monoisotopic (exact) mass is 449 g/mol. The molecule has 3 N–H and O–H groups in total. The molecule has 2 aromatic carbocycles. The van der Waals surface area contributed by atoms with Crippen LogP contribution in [0.15, 0.2) is 48.5 Å². The van der Waals surface area contributed by atoms with E-state index < -0.39 is 29.6 Å². The molecule has 0 aromatic heterocycles. The number of benzene rings is 2. The molecule has 1 aliphatic carbocycles. The van der Waals surface area contributed by atoms with E-state index in [1.165, 1.54) is 13.8 Å². The second-order valence-electron chi connectivity index (χ2n) is 8.49. The van der Waals surface area contributed by atoms with E-state index in [1.54, 1.807) is 0 Å². The summed E-state index contributed by atoms with van der Waals surface area (Å²) in [5.74, 6) is -1.97. The lowest BCUT2D eigenvalue weighted by molar-refractivity contribution is -0.146. The molecule has 0 saturated carbocycles. The Morgan fingerprint density at radius 1 is 1.09 bits per heavy atom. The number of ether oxygens (including phenoxy) is 1. The third kappa shape index (κ3) is 5.50. The fraction of sp³-hybridized carbons (Fsp3) is 0.360. The lowest BCUT2D eigenvalue weighted by atomic mass is 9.98. The molecule has 172 valence electrons. The third-order valence-corrected chi connectivity index (χ3v) is 5.70. The Balaban J connectivity index is 1.67. The van der Waals surface area contributed by atoms with Crippen LogP contribution in [0, 0.1) is 11.3 Å². The second-order valence-corrected chi connectivity index (χ2v) is 8.49. The molecule has 0 heterocycles. The molecule has 8 nitrogen and oxygen atoms in total. The van der Waals surface area contributed by atoms with Crippen molar-refractivity contribution in [2.45, 2.75) is 50.6 Å². The lowest BCUT2D eigenvalue weighted by Gasteiger charge is -2.25. The number of carboxylic acid groups (broad SMARTS) is 1. The number of rotatable bonds is 9. The maximum absolute atomic E-state index is 12.7. The van der Waals surface area contributed by atoms with Crippen LogP contribution in [0.4, 0.5) is 4.79 Å². The predicted octanol–water partition coefficient (Wildman–Crippen LogP) is 3.57. The third-order valence-electron chi connectivity index (χ3n) is 5.70. The SMILES string of the molecule is CC(C)(NC(=O)C(CCCC#N)NC(=O)OCC1c2ccccc2-c2ccccc21)C(=O)O. The summed E-state index contributed by atoms with van der Waals surface area (Å²) in [5, 5.41) is 23.0. The number of aliphatic carboxylic acids is 1. The number of nitriles is 1. The number of hydrogen-bond donors (Lipinski definition) is 3. The van der Waals surface area contributed by atoms with Crippen LogP contribution in [0.2, 0.25) is 0 Å². The summed E-state index contributed by atoms with van der Waals surface area (Å²) in [7, 11) is 0. The predicted molar refractivity (Wildman–Crippen MR) is 121 cm³/mol. The smallest absolute Gasteiger partial charge is 0.407 e. The summed E-state index contributed by atoms with van der Waals surface area (Å²) in [6.07, 6.45) is -0.0224. The Morgan fingerprint density at radius 2 is 1.67 bits per heavy atom. The molecule has 1 aliphatic rings. The molecule has 3 rings (SSSR count). The summed E-state index contributed by atoms with van der Waals surface area (Å²) in [6, 6.07) is 16.9. The standard InChI is InChI=1S/C25H27N3O5/c1-25(2,23(30)31)28-22(29)21(13-7-8-14-26)27-24(32)33-15-20-18-11-5-3-9-16(18)17-10-4-6-12-19(17)20/h3-6,9-12,20-21H,7-8,13,15H2,1-2H3,(H,27,32)(H,28,29)(H,30,31). The largest absolute Gasteiger partial charge is 0.480 e. The highest BCUT2D eigenvalue weighted by atomic mass is 16.5. The number of amides is 2. The first-order chi connectivity index (χ1) is 15.7. The van der Waals surface area contributed by atoms with Crippen molar-refractivity contribution < 1.29 is 24.2 Å². The quantitative estimate of drug-likeness (QED) is 0.502. The minimum absolute atomic E-state index is 0.0903.